The van der Waals surface area contributed by atoms with E-state index in [2.05, 4.69) is 0 Å². The number of hydrogen-bond acceptors (Lipinski definition) is 3. The van der Waals surface area contributed by atoms with Gasteiger partial charge in [0.15, 0.2) is 11.6 Å². The minimum absolute atomic E-state index is 0.0931. The number of Topliss-reactive ketones (excluding diaryl/α,β-unsaturated/α-hetero) is 1. The normalized spacial score (nSPS) is 22.1. The molecule has 1 aliphatic heterocycles. The molecule has 0 aliphatic carbocycles. The third kappa shape index (κ3) is 3.55. The molecule has 0 unspecified atom stereocenters. The lowest BCUT2D eigenvalue weighted by molar-refractivity contribution is -0.152. The number of rotatable bonds is 4. The molecular weight excluding hydrogens is 252 g/mol. The van der Waals surface area contributed by atoms with Gasteiger partial charge in [0.1, 0.15) is 6.10 Å². The van der Waals surface area contributed by atoms with Crippen molar-refractivity contribution < 1.29 is 14.3 Å². The van der Waals surface area contributed by atoms with E-state index in [1.165, 1.54) is 0 Å². The number of hydrogen-bond donors (Lipinski definition) is 0. The molecule has 18 heavy (non-hydrogen) atoms. The van der Waals surface area contributed by atoms with Crippen LogP contribution in [-0.4, -0.2) is 24.3 Å². The Labute approximate surface area is 112 Å². The van der Waals surface area contributed by atoms with Crippen molar-refractivity contribution in [3.8, 4) is 0 Å². The van der Waals surface area contributed by atoms with Crippen molar-refractivity contribution in [2.45, 2.75) is 38.6 Å². The van der Waals surface area contributed by atoms with Crippen LogP contribution in [0.5, 0.6) is 0 Å². The number of benzene rings is 1. The van der Waals surface area contributed by atoms with Crippen LogP contribution in [0.25, 0.3) is 0 Å². The molecule has 2 rings (SSSR count). The van der Waals surface area contributed by atoms with E-state index in [9.17, 15) is 4.79 Å². The van der Waals surface area contributed by atoms with Crippen LogP contribution in [0.3, 0.4) is 0 Å². The topological polar surface area (TPSA) is 35.5 Å². The molecule has 0 bridgehead atoms. The smallest absolute Gasteiger partial charge is 0.164 e. The van der Waals surface area contributed by atoms with Crippen LogP contribution in [0.1, 0.15) is 25.8 Å². The number of halogens is 1. The van der Waals surface area contributed by atoms with E-state index >= 15 is 0 Å². The van der Waals surface area contributed by atoms with Gasteiger partial charge in [0.2, 0.25) is 0 Å². The fourth-order valence-electron chi connectivity index (χ4n) is 1.93. The zero-order valence-electron chi connectivity index (χ0n) is 10.6. The molecule has 0 saturated carbocycles. The summed E-state index contributed by atoms with van der Waals surface area (Å²) < 4.78 is 10.9. The number of ether oxygens (including phenoxy) is 2. The molecule has 1 fully saturated rings. The van der Waals surface area contributed by atoms with Gasteiger partial charge in [-0.25, -0.2) is 0 Å². The summed E-state index contributed by atoms with van der Waals surface area (Å²) in [4.78, 5) is 11.9. The lowest BCUT2D eigenvalue weighted by Gasteiger charge is -2.16. The van der Waals surface area contributed by atoms with Crippen molar-refractivity contribution in [2.75, 3.05) is 6.61 Å². The highest BCUT2D eigenvalue weighted by Gasteiger charge is 2.36. The van der Waals surface area contributed by atoms with Crippen molar-refractivity contribution in [2.24, 2.45) is 0 Å². The quantitative estimate of drug-likeness (QED) is 0.842. The summed E-state index contributed by atoms with van der Waals surface area (Å²) in [6.45, 7) is 3.99. The molecule has 1 saturated heterocycles. The van der Waals surface area contributed by atoms with Gasteiger partial charge >= 0.3 is 0 Å². The number of carbonyl (C=O) groups is 1. The minimum Gasteiger partial charge on any atom is -0.347 e. The summed E-state index contributed by atoms with van der Waals surface area (Å²) in [6, 6.07) is 7.54. The molecular formula is C14H17ClO3. The van der Waals surface area contributed by atoms with Gasteiger partial charge in [-0.05, 0) is 38.0 Å². The van der Waals surface area contributed by atoms with Crippen molar-refractivity contribution >= 4 is 17.4 Å². The Morgan fingerprint density at radius 1 is 1.39 bits per heavy atom. The second-order valence-corrected chi connectivity index (χ2v) is 5.35. The van der Waals surface area contributed by atoms with Crippen molar-refractivity contribution in [1.29, 1.82) is 0 Å². The van der Waals surface area contributed by atoms with Gasteiger partial charge in [0.25, 0.3) is 0 Å². The van der Waals surface area contributed by atoms with Gasteiger partial charge in [-0.3, -0.25) is 4.79 Å². The highest BCUT2D eigenvalue weighted by atomic mass is 35.5. The van der Waals surface area contributed by atoms with Crippen LogP contribution in [0.4, 0.5) is 0 Å². The fraction of sp³-hybridized carbons (Fsp3) is 0.500. The standard InChI is InChI=1S/C14H17ClO3/c1-14(2)17-9-13(18-14)12(16)8-5-10-3-6-11(15)7-4-10/h3-4,6-7,13H,5,8-9H2,1-2H3/t13-/m1/s1. The molecule has 1 atom stereocenters. The molecule has 4 heteroatoms. The average molecular weight is 269 g/mol. The first-order valence-corrected chi connectivity index (χ1v) is 6.43. The Hall–Kier alpha value is -0.900. The lowest BCUT2D eigenvalue weighted by atomic mass is 10.1. The molecule has 1 aliphatic rings. The maximum absolute atomic E-state index is 11.9. The van der Waals surface area contributed by atoms with Gasteiger partial charge in [-0.1, -0.05) is 23.7 Å². The van der Waals surface area contributed by atoms with Gasteiger partial charge in [0, 0.05) is 11.4 Å². The highest BCUT2D eigenvalue weighted by Crippen LogP contribution is 2.23. The Kier molecular flexibility index (Phi) is 4.05. The molecule has 0 aromatic heterocycles. The molecule has 0 amide bonds. The Morgan fingerprint density at radius 2 is 2.06 bits per heavy atom. The van der Waals surface area contributed by atoms with E-state index in [0.29, 0.717) is 24.5 Å². The lowest BCUT2D eigenvalue weighted by Crippen LogP contribution is -2.27. The Bertz CT molecular complexity index is 425. The van der Waals surface area contributed by atoms with Gasteiger partial charge in [0.05, 0.1) is 6.61 Å². The first-order chi connectivity index (χ1) is 8.46. The molecule has 0 spiro atoms. The summed E-state index contributed by atoms with van der Waals surface area (Å²) in [7, 11) is 0. The van der Waals surface area contributed by atoms with E-state index in [1.807, 2.05) is 38.1 Å². The number of ketones is 1. The zero-order valence-corrected chi connectivity index (χ0v) is 11.4. The van der Waals surface area contributed by atoms with Gasteiger partial charge in [-0.15, -0.1) is 0 Å². The van der Waals surface area contributed by atoms with Crippen LogP contribution in [-0.2, 0) is 20.7 Å². The monoisotopic (exact) mass is 268 g/mol. The number of aryl methyl sites for hydroxylation is 1. The van der Waals surface area contributed by atoms with E-state index in [-0.39, 0.29) is 5.78 Å². The molecule has 0 N–H and O–H groups in total. The Morgan fingerprint density at radius 3 is 2.61 bits per heavy atom. The second-order valence-electron chi connectivity index (χ2n) is 4.91. The maximum Gasteiger partial charge on any atom is 0.164 e. The van der Waals surface area contributed by atoms with Crippen LogP contribution in [0.2, 0.25) is 5.02 Å². The summed E-state index contributed by atoms with van der Waals surface area (Å²) >= 11 is 5.81. The third-order valence-electron chi connectivity index (χ3n) is 2.94. The Balaban J connectivity index is 1.84. The first kappa shape index (κ1) is 13.5. The van der Waals surface area contributed by atoms with E-state index < -0.39 is 11.9 Å². The predicted octanol–water partition coefficient (Wildman–Crippen LogP) is 2.99. The molecule has 1 aromatic carbocycles. The van der Waals surface area contributed by atoms with Crippen LogP contribution < -0.4 is 0 Å². The van der Waals surface area contributed by atoms with E-state index in [4.69, 9.17) is 21.1 Å². The highest BCUT2D eigenvalue weighted by molar-refractivity contribution is 6.30. The van der Waals surface area contributed by atoms with Crippen molar-refractivity contribution in [3.63, 3.8) is 0 Å². The van der Waals surface area contributed by atoms with Gasteiger partial charge < -0.3 is 9.47 Å². The molecule has 0 radical (unpaired) electrons. The summed E-state index contributed by atoms with van der Waals surface area (Å²) in [6.07, 6.45) is 0.745. The first-order valence-electron chi connectivity index (χ1n) is 6.05. The SMILES string of the molecule is CC1(C)OC[C@H](C(=O)CCc2ccc(Cl)cc2)O1. The zero-order chi connectivity index (χ0) is 13.2. The predicted molar refractivity (Wildman–Crippen MR) is 69.7 cm³/mol. The maximum atomic E-state index is 11.9. The van der Waals surface area contributed by atoms with Crippen LogP contribution in [0.15, 0.2) is 24.3 Å². The summed E-state index contributed by atoms with van der Waals surface area (Å²) in [5.74, 6) is -0.545. The number of carbonyl (C=O) groups excluding carboxylic acids is 1. The second kappa shape index (κ2) is 5.39. The van der Waals surface area contributed by atoms with Crippen molar-refractivity contribution in [1.82, 2.24) is 0 Å². The average Bonchev–Trinajstić information content (AvgIpc) is 2.69. The van der Waals surface area contributed by atoms with Gasteiger partial charge in [-0.2, -0.15) is 0 Å². The van der Waals surface area contributed by atoms with E-state index in [0.717, 1.165) is 5.56 Å². The molecule has 1 heterocycles. The van der Waals surface area contributed by atoms with Crippen LogP contribution in [0, 0.1) is 0 Å². The van der Waals surface area contributed by atoms with Crippen LogP contribution >= 0.6 is 11.6 Å². The van der Waals surface area contributed by atoms with Crippen molar-refractivity contribution in [3.05, 3.63) is 34.9 Å². The summed E-state index contributed by atoms with van der Waals surface area (Å²) in [5.41, 5.74) is 1.10. The molecule has 98 valence electrons. The third-order valence-corrected chi connectivity index (χ3v) is 3.19. The minimum atomic E-state index is -0.638. The molecule has 3 nitrogen and oxygen atoms in total. The fourth-order valence-corrected chi connectivity index (χ4v) is 2.05. The van der Waals surface area contributed by atoms with E-state index in [1.54, 1.807) is 0 Å². The largest absolute Gasteiger partial charge is 0.347 e. The molecule has 1 aromatic rings. The summed E-state index contributed by atoms with van der Waals surface area (Å²) in [5, 5.41) is 0.708.